The third kappa shape index (κ3) is 3.76. The number of phenols is 1. The summed E-state index contributed by atoms with van der Waals surface area (Å²) in [5, 5.41) is 52.3. The number of rotatable bonds is 4. The van der Waals surface area contributed by atoms with Gasteiger partial charge >= 0.3 is 0 Å². The number of aromatic nitrogens is 1. The van der Waals surface area contributed by atoms with E-state index in [9.17, 15) is 29.9 Å². The van der Waals surface area contributed by atoms with Crippen LogP contribution in [0.15, 0.2) is 60.8 Å². The van der Waals surface area contributed by atoms with Crippen LogP contribution >= 0.6 is 0 Å². The molecule has 8 heteroatoms. The van der Waals surface area contributed by atoms with Crippen LogP contribution in [0.2, 0.25) is 0 Å². The van der Waals surface area contributed by atoms with Crippen molar-refractivity contribution in [3.8, 4) is 5.75 Å². The molecule has 1 fully saturated rings. The summed E-state index contributed by atoms with van der Waals surface area (Å²) in [6.07, 6.45) is -4.63. The topological polar surface area (TPSA) is 115 Å². The Labute approximate surface area is 188 Å². The van der Waals surface area contributed by atoms with Crippen LogP contribution < -0.4 is 0 Å². The molecule has 5 rings (SSSR count). The van der Waals surface area contributed by atoms with E-state index in [-0.39, 0.29) is 5.75 Å². The molecule has 0 radical (unpaired) electrons. The fourth-order valence-electron chi connectivity index (χ4n) is 4.62. The van der Waals surface area contributed by atoms with Crippen molar-refractivity contribution in [3.63, 3.8) is 0 Å². The fraction of sp³-hybridized carbons (Fsp3) is 0.280. The van der Waals surface area contributed by atoms with E-state index in [4.69, 9.17) is 4.74 Å². The monoisotopic (exact) mass is 453 g/mol. The lowest BCUT2D eigenvalue weighted by Crippen LogP contribution is -2.56. The molecule has 0 unspecified atom stereocenters. The average Bonchev–Trinajstić information content (AvgIpc) is 3.17. The minimum absolute atomic E-state index is 0.180. The molecule has 2 heterocycles. The second-order valence-electron chi connectivity index (χ2n) is 8.46. The first-order valence-electron chi connectivity index (χ1n) is 10.7. The van der Waals surface area contributed by atoms with Gasteiger partial charge in [0.15, 0.2) is 6.23 Å². The number of phenolic OH excluding ortho intramolecular Hbond substituents is 1. The van der Waals surface area contributed by atoms with Gasteiger partial charge < -0.3 is 34.8 Å². The zero-order chi connectivity index (χ0) is 23.3. The van der Waals surface area contributed by atoms with E-state index in [0.717, 1.165) is 16.3 Å². The molecule has 172 valence electrons. The van der Waals surface area contributed by atoms with Crippen LogP contribution in [0.5, 0.6) is 5.75 Å². The van der Waals surface area contributed by atoms with Crippen LogP contribution in [0.3, 0.4) is 0 Å². The van der Waals surface area contributed by atoms with Crippen molar-refractivity contribution in [3.05, 3.63) is 77.7 Å². The number of hydrogen-bond donors (Lipinski definition) is 5. The summed E-state index contributed by atoms with van der Waals surface area (Å²) in [4.78, 5) is 0. The maximum Gasteiger partial charge on any atom is 0.163 e. The van der Waals surface area contributed by atoms with Crippen molar-refractivity contribution >= 4 is 21.7 Å². The summed E-state index contributed by atoms with van der Waals surface area (Å²) in [7, 11) is 0. The SMILES string of the molecule is OC[C@H]1O[C@@H](n2cc(Cc3ccc4cc(O)ccc4c3)c3c(F)cccc32)[C@H](O)[C@@H](O)[C@@H]1O. The van der Waals surface area contributed by atoms with Crippen LogP contribution in [0.4, 0.5) is 4.39 Å². The Morgan fingerprint density at radius 1 is 0.909 bits per heavy atom. The van der Waals surface area contributed by atoms with Gasteiger partial charge in [-0.2, -0.15) is 0 Å². The highest BCUT2D eigenvalue weighted by Crippen LogP contribution is 2.35. The standard InChI is InChI=1S/C25H24FNO6/c26-18-2-1-3-19-21(18)16(9-13-4-5-15-10-17(29)7-6-14(15)8-13)11-27(19)25-24(32)23(31)22(30)20(12-28)33-25/h1-8,10-11,20,22-25,28-32H,9,12H2/t20-,22-,23+,24-,25-/m1/s1. The second kappa shape index (κ2) is 8.40. The number of fused-ring (bicyclic) bond motifs is 2. The van der Waals surface area contributed by atoms with Gasteiger partial charge in [0.2, 0.25) is 0 Å². The largest absolute Gasteiger partial charge is 0.508 e. The van der Waals surface area contributed by atoms with Gasteiger partial charge in [0.1, 0.15) is 36.0 Å². The molecule has 4 aromatic rings. The van der Waals surface area contributed by atoms with E-state index in [0.29, 0.717) is 22.9 Å². The molecule has 5 atom stereocenters. The molecule has 0 amide bonds. The number of halogens is 1. The van der Waals surface area contributed by atoms with Gasteiger partial charge in [-0.05, 0) is 52.6 Å². The average molecular weight is 453 g/mol. The fourth-order valence-corrected chi connectivity index (χ4v) is 4.62. The van der Waals surface area contributed by atoms with Crippen LogP contribution in [0, 0.1) is 5.82 Å². The summed E-state index contributed by atoms with van der Waals surface area (Å²) >= 11 is 0. The first-order valence-corrected chi connectivity index (χ1v) is 10.7. The van der Waals surface area contributed by atoms with Crippen molar-refractivity contribution in [1.29, 1.82) is 0 Å². The first kappa shape index (κ1) is 21.8. The third-order valence-corrected chi connectivity index (χ3v) is 6.31. The summed E-state index contributed by atoms with van der Waals surface area (Å²) < 4.78 is 22.2. The quantitative estimate of drug-likeness (QED) is 0.324. The van der Waals surface area contributed by atoms with Crippen molar-refractivity contribution in [2.75, 3.05) is 6.61 Å². The van der Waals surface area contributed by atoms with E-state index in [1.165, 1.54) is 10.6 Å². The minimum Gasteiger partial charge on any atom is -0.508 e. The molecule has 0 spiro atoms. The second-order valence-corrected chi connectivity index (χ2v) is 8.46. The highest BCUT2D eigenvalue weighted by molar-refractivity contribution is 5.87. The van der Waals surface area contributed by atoms with Crippen LogP contribution in [0.25, 0.3) is 21.7 Å². The Kier molecular flexibility index (Phi) is 5.55. The van der Waals surface area contributed by atoms with Crippen LogP contribution in [-0.2, 0) is 11.2 Å². The molecule has 0 aliphatic carbocycles. The van der Waals surface area contributed by atoms with E-state index in [1.54, 1.807) is 30.5 Å². The Balaban J connectivity index is 1.58. The van der Waals surface area contributed by atoms with Gasteiger partial charge in [-0.25, -0.2) is 4.39 Å². The van der Waals surface area contributed by atoms with Gasteiger partial charge in [-0.1, -0.05) is 30.3 Å². The molecule has 1 aromatic heterocycles. The van der Waals surface area contributed by atoms with Crippen LogP contribution in [0.1, 0.15) is 17.4 Å². The van der Waals surface area contributed by atoms with Gasteiger partial charge in [0, 0.05) is 11.6 Å². The number of aliphatic hydroxyl groups is 4. The van der Waals surface area contributed by atoms with Gasteiger partial charge in [0.05, 0.1) is 12.1 Å². The van der Waals surface area contributed by atoms with E-state index in [1.807, 2.05) is 24.3 Å². The molecule has 1 aliphatic heterocycles. The molecule has 0 bridgehead atoms. The molecule has 1 saturated heterocycles. The summed E-state index contributed by atoms with van der Waals surface area (Å²) in [5.41, 5.74) is 2.03. The zero-order valence-corrected chi connectivity index (χ0v) is 17.5. The number of ether oxygens (including phenoxy) is 1. The number of hydrogen-bond acceptors (Lipinski definition) is 6. The smallest absolute Gasteiger partial charge is 0.163 e. The summed E-state index contributed by atoms with van der Waals surface area (Å²) in [5.74, 6) is -0.253. The minimum atomic E-state index is -1.53. The Morgan fingerprint density at radius 3 is 2.45 bits per heavy atom. The maximum absolute atomic E-state index is 14.9. The molecular weight excluding hydrogens is 429 g/mol. The number of nitrogens with zero attached hydrogens (tertiary/aromatic N) is 1. The summed E-state index contributed by atoms with van der Waals surface area (Å²) in [6, 6.07) is 15.4. The Hall–Kier alpha value is -3.01. The lowest BCUT2D eigenvalue weighted by molar-refractivity contribution is -0.250. The Bertz CT molecular complexity index is 1320. The van der Waals surface area contributed by atoms with E-state index >= 15 is 0 Å². The highest BCUT2D eigenvalue weighted by atomic mass is 19.1. The normalized spacial score (nSPS) is 25.7. The molecule has 3 aromatic carbocycles. The summed E-state index contributed by atoms with van der Waals surface area (Å²) in [6.45, 7) is -0.547. The van der Waals surface area contributed by atoms with Crippen molar-refractivity contribution in [2.45, 2.75) is 37.1 Å². The molecule has 5 N–H and O–H groups in total. The van der Waals surface area contributed by atoms with E-state index in [2.05, 4.69) is 0 Å². The van der Waals surface area contributed by atoms with Crippen molar-refractivity contribution in [2.24, 2.45) is 0 Å². The molecule has 7 nitrogen and oxygen atoms in total. The predicted molar refractivity (Wildman–Crippen MR) is 119 cm³/mol. The Morgan fingerprint density at radius 2 is 1.67 bits per heavy atom. The van der Waals surface area contributed by atoms with Gasteiger partial charge in [-0.15, -0.1) is 0 Å². The predicted octanol–water partition coefficient (Wildman–Crippen LogP) is 2.20. The molecule has 1 aliphatic rings. The van der Waals surface area contributed by atoms with Crippen molar-refractivity contribution in [1.82, 2.24) is 4.57 Å². The lowest BCUT2D eigenvalue weighted by atomic mass is 9.98. The van der Waals surface area contributed by atoms with Gasteiger partial charge in [0.25, 0.3) is 0 Å². The molecular formula is C25H24FNO6. The number of benzene rings is 3. The van der Waals surface area contributed by atoms with Crippen molar-refractivity contribution < 1.29 is 34.7 Å². The molecule has 33 heavy (non-hydrogen) atoms. The molecule has 0 saturated carbocycles. The third-order valence-electron chi connectivity index (χ3n) is 6.31. The van der Waals surface area contributed by atoms with Crippen LogP contribution in [-0.4, -0.2) is 61.1 Å². The van der Waals surface area contributed by atoms with E-state index < -0.39 is 43.1 Å². The zero-order valence-electron chi connectivity index (χ0n) is 17.5. The lowest BCUT2D eigenvalue weighted by Gasteiger charge is -2.40. The number of aliphatic hydroxyl groups excluding tert-OH is 4. The number of aromatic hydroxyl groups is 1. The highest BCUT2D eigenvalue weighted by Gasteiger charge is 2.44. The van der Waals surface area contributed by atoms with Gasteiger partial charge in [-0.3, -0.25) is 0 Å². The maximum atomic E-state index is 14.9. The first-order chi connectivity index (χ1) is 15.9.